The van der Waals surface area contributed by atoms with E-state index in [0.717, 1.165) is 22.2 Å². The molecule has 10 heteroatoms. The summed E-state index contributed by atoms with van der Waals surface area (Å²) in [6, 6.07) is 14.1. The summed E-state index contributed by atoms with van der Waals surface area (Å²) in [5, 5.41) is 2.30. The highest BCUT2D eigenvalue weighted by molar-refractivity contribution is 7.91. The summed E-state index contributed by atoms with van der Waals surface area (Å²) in [5.74, 6) is -0.197. The second-order valence-corrected chi connectivity index (χ2v) is 12.7. The van der Waals surface area contributed by atoms with Crippen molar-refractivity contribution in [3.8, 4) is 0 Å². The Labute approximate surface area is 228 Å². The SMILES string of the molecule is Cc1cc(N2CCC3(CC2)C(=O)N(C)C(=O)N3CCCCS(=O)(=O)c2ccc3cc(Cl)ccc3c2)ccn1. The van der Waals surface area contributed by atoms with Gasteiger partial charge in [-0.3, -0.25) is 14.7 Å². The molecule has 0 bridgehead atoms. The van der Waals surface area contributed by atoms with Crippen LogP contribution in [-0.4, -0.2) is 73.1 Å². The predicted molar refractivity (Wildman–Crippen MR) is 148 cm³/mol. The van der Waals surface area contributed by atoms with Crippen LogP contribution in [0.5, 0.6) is 0 Å². The number of rotatable bonds is 7. The first-order valence-electron chi connectivity index (χ1n) is 12.8. The summed E-state index contributed by atoms with van der Waals surface area (Å²) in [5.41, 5.74) is 1.12. The molecule has 5 rings (SSSR count). The predicted octanol–water partition coefficient (Wildman–Crippen LogP) is 4.68. The van der Waals surface area contributed by atoms with Crippen LogP contribution in [0.2, 0.25) is 5.02 Å². The number of nitrogens with zero attached hydrogens (tertiary/aromatic N) is 4. The number of anilines is 1. The lowest BCUT2D eigenvalue weighted by molar-refractivity contribution is -0.133. The smallest absolute Gasteiger partial charge is 0.327 e. The normalized spacial score (nSPS) is 17.7. The van der Waals surface area contributed by atoms with E-state index in [9.17, 15) is 18.0 Å². The number of likely N-dealkylation sites (N-methyl/N-ethyl adjacent to an activating group) is 1. The molecular weight excluding hydrogens is 524 g/mol. The van der Waals surface area contributed by atoms with Gasteiger partial charge in [-0.1, -0.05) is 23.7 Å². The number of sulfone groups is 1. The lowest BCUT2D eigenvalue weighted by Crippen LogP contribution is -2.56. The molecule has 3 amide bonds. The van der Waals surface area contributed by atoms with Gasteiger partial charge in [0, 0.05) is 49.3 Å². The molecule has 2 saturated heterocycles. The van der Waals surface area contributed by atoms with E-state index in [1.165, 1.54) is 11.9 Å². The number of carbonyl (C=O) groups is 2. The zero-order chi connectivity index (χ0) is 27.1. The van der Waals surface area contributed by atoms with Crippen LogP contribution in [0.3, 0.4) is 0 Å². The van der Waals surface area contributed by atoms with Gasteiger partial charge in [0.1, 0.15) is 5.54 Å². The van der Waals surface area contributed by atoms with Gasteiger partial charge in [0.05, 0.1) is 10.6 Å². The maximum absolute atomic E-state index is 13.2. The fraction of sp³-hybridized carbons (Fsp3) is 0.393. The molecule has 0 unspecified atom stereocenters. The van der Waals surface area contributed by atoms with E-state index in [1.54, 1.807) is 41.4 Å². The van der Waals surface area contributed by atoms with Gasteiger partial charge in [-0.25, -0.2) is 13.2 Å². The van der Waals surface area contributed by atoms with E-state index in [-0.39, 0.29) is 22.6 Å². The van der Waals surface area contributed by atoms with Crippen LogP contribution in [0, 0.1) is 6.92 Å². The quantitative estimate of drug-likeness (QED) is 0.311. The first-order chi connectivity index (χ1) is 18.1. The lowest BCUT2D eigenvalue weighted by atomic mass is 9.85. The Morgan fingerprint density at radius 1 is 0.974 bits per heavy atom. The number of aromatic nitrogens is 1. The highest BCUT2D eigenvalue weighted by Crippen LogP contribution is 2.38. The minimum absolute atomic E-state index is 0.0277. The molecule has 8 nitrogen and oxygen atoms in total. The number of urea groups is 1. The number of hydrogen-bond acceptors (Lipinski definition) is 6. The van der Waals surface area contributed by atoms with E-state index in [4.69, 9.17) is 11.6 Å². The van der Waals surface area contributed by atoms with Gasteiger partial charge in [0.25, 0.3) is 5.91 Å². The fourth-order valence-electron chi connectivity index (χ4n) is 5.60. The zero-order valence-electron chi connectivity index (χ0n) is 21.6. The van der Waals surface area contributed by atoms with Crippen LogP contribution in [-0.2, 0) is 14.6 Å². The Balaban J connectivity index is 1.23. The van der Waals surface area contributed by atoms with Crippen LogP contribution in [0.4, 0.5) is 10.5 Å². The van der Waals surface area contributed by atoms with Crippen molar-refractivity contribution in [2.24, 2.45) is 0 Å². The molecule has 3 heterocycles. The minimum Gasteiger partial charge on any atom is -0.371 e. The monoisotopic (exact) mass is 554 g/mol. The number of fused-ring (bicyclic) bond motifs is 1. The number of pyridine rings is 1. The zero-order valence-corrected chi connectivity index (χ0v) is 23.1. The Kier molecular flexibility index (Phi) is 7.09. The van der Waals surface area contributed by atoms with Crippen molar-refractivity contribution in [1.82, 2.24) is 14.8 Å². The van der Waals surface area contributed by atoms with Crippen LogP contribution in [0.1, 0.15) is 31.4 Å². The third-order valence-electron chi connectivity index (χ3n) is 7.75. The van der Waals surface area contributed by atoms with Gasteiger partial charge in [-0.2, -0.15) is 0 Å². The molecule has 2 aliphatic rings. The molecule has 0 radical (unpaired) electrons. The van der Waals surface area contributed by atoms with E-state index >= 15 is 0 Å². The van der Waals surface area contributed by atoms with Gasteiger partial charge >= 0.3 is 6.03 Å². The van der Waals surface area contributed by atoms with Gasteiger partial charge in [-0.05, 0) is 79.8 Å². The Bertz CT molecular complexity index is 1500. The summed E-state index contributed by atoms with van der Waals surface area (Å²) in [7, 11) is -1.96. The summed E-state index contributed by atoms with van der Waals surface area (Å²) in [6.07, 6.45) is 3.72. The number of carbonyl (C=O) groups excluding carboxylic acids is 2. The van der Waals surface area contributed by atoms with Gasteiger partial charge in [0.2, 0.25) is 0 Å². The molecular formula is C28H31ClN4O4S. The highest BCUT2D eigenvalue weighted by atomic mass is 35.5. The lowest BCUT2D eigenvalue weighted by Gasteiger charge is -2.43. The molecule has 1 aromatic heterocycles. The fourth-order valence-corrected chi connectivity index (χ4v) is 7.18. The maximum atomic E-state index is 13.2. The first-order valence-corrected chi connectivity index (χ1v) is 14.8. The van der Waals surface area contributed by atoms with Crippen LogP contribution in [0.25, 0.3) is 10.8 Å². The van der Waals surface area contributed by atoms with Crippen molar-refractivity contribution in [3.63, 3.8) is 0 Å². The average molecular weight is 555 g/mol. The van der Waals surface area contributed by atoms with Crippen molar-refractivity contribution in [1.29, 1.82) is 0 Å². The summed E-state index contributed by atoms with van der Waals surface area (Å²) < 4.78 is 26.0. The number of benzene rings is 2. The average Bonchev–Trinajstić information content (AvgIpc) is 3.07. The number of aryl methyl sites for hydroxylation is 1. The van der Waals surface area contributed by atoms with Gasteiger partial charge < -0.3 is 9.80 Å². The van der Waals surface area contributed by atoms with Crippen molar-refractivity contribution >= 4 is 49.8 Å². The second-order valence-electron chi connectivity index (χ2n) is 10.2. The standard InChI is InChI=1S/C28H31ClN4O4S/c1-20-17-24(9-12-30-20)32-14-10-28(11-15-32)26(34)31(2)27(35)33(28)13-3-4-16-38(36,37)25-8-6-21-18-23(29)7-5-22(21)19-25/h5-9,12,17-19H,3-4,10-11,13-16H2,1-2H3. The van der Waals surface area contributed by atoms with Crippen LogP contribution < -0.4 is 4.90 Å². The summed E-state index contributed by atoms with van der Waals surface area (Å²) in [6.45, 7) is 3.58. The Hall–Kier alpha value is -3.17. The molecule has 200 valence electrons. The molecule has 1 spiro atoms. The number of hydrogen-bond donors (Lipinski definition) is 0. The molecule has 2 aromatic carbocycles. The van der Waals surface area contributed by atoms with Crippen molar-refractivity contribution in [2.75, 3.05) is 37.3 Å². The minimum atomic E-state index is -3.49. The van der Waals surface area contributed by atoms with E-state index < -0.39 is 15.4 Å². The maximum Gasteiger partial charge on any atom is 0.327 e. The molecule has 38 heavy (non-hydrogen) atoms. The molecule has 0 N–H and O–H groups in total. The Morgan fingerprint density at radius 2 is 1.68 bits per heavy atom. The largest absolute Gasteiger partial charge is 0.371 e. The number of halogens is 1. The van der Waals surface area contributed by atoms with Crippen molar-refractivity contribution in [2.45, 2.75) is 43.0 Å². The number of amides is 3. The van der Waals surface area contributed by atoms with E-state index in [1.807, 2.05) is 25.1 Å². The van der Waals surface area contributed by atoms with Crippen LogP contribution >= 0.6 is 11.6 Å². The third kappa shape index (κ3) is 4.85. The number of imide groups is 1. The number of piperidine rings is 1. The van der Waals surface area contributed by atoms with E-state index in [0.29, 0.717) is 50.3 Å². The number of unbranched alkanes of at least 4 members (excludes halogenated alkanes) is 1. The van der Waals surface area contributed by atoms with Gasteiger partial charge in [0.15, 0.2) is 9.84 Å². The summed E-state index contributed by atoms with van der Waals surface area (Å²) >= 11 is 6.03. The van der Waals surface area contributed by atoms with Crippen molar-refractivity contribution < 1.29 is 18.0 Å². The molecule has 2 fully saturated rings. The van der Waals surface area contributed by atoms with Crippen molar-refractivity contribution in [3.05, 3.63) is 65.4 Å². The van der Waals surface area contributed by atoms with Gasteiger partial charge in [-0.15, -0.1) is 0 Å². The molecule has 0 aliphatic carbocycles. The van der Waals surface area contributed by atoms with E-state index in [2.05, 4.69) is 9.88 Å². The van der Waals surface area contributed by atoms with Crippen LogP contribution in [0.15, 0.2) is 59.6 Å². The summed E-state index contributed by atoms with van der Waals surface area (Å²) in [4.78, 5) is 35.9. The molecule has 3 aromatic rings. The highest BCUT2D eigenvalue weighted by Gasteiger charge is 2.56. The molecule has 2 aliphatic heterocycles. The molecule has 0 atom stereocenters. The topological polar surface area (TPSA) is 90.9 Å². The first kappa shape index (κ1) is 26.4. The Morgan fingerprint density at radius 3 is 2.42 bits per heavy atom. The second kappa shape index (κ2) is 10.2. The molecule has 0 saturated carbocycles. The third-order valence-corrected chi connectivity index (χ3v) is 9.78.